The average molecular weight is 554 g/mol. The highest BCUT2D eigenvalue weighted by molar-refractivity contribution is 6.03. The molecule has 0 unspecified atom stereocenters. The van der Waals surface area contributed by atoms with Crippen molar-refractivity contribution in [3.8, 4) is 22.9 Å². The van der Waals surface area contributed by atoms with Gasteiger partial charge in [0.25, 0.3) is 5.91 Å². The Balaban J connectivity index is 1.52. The zero-order valence-electron chi connectivity index (χ0n) is 23.6. The number of methoxy groups -OCH3 is 1. The van der Waals surface area contributed by atoms with Gasteiger partial charge in [0.2, 0.25) is 0 Å². The minimum absolute atomic E-state index is 0.152. The van der Waals surface area contributed by atoms with Gasteiger partial charge in [-0.05, 0) is 94.8 Å². The van der Waals surface area contributed by atoms with Gasteiger partial charge >= 0.3 is 5.97 Å². The number of alkyl halides is 1. The van der Waals surface area contributed by atoms with Crippen LogP contribution in [0, 0.1) is 23.1 Å². The first kappa shape index (κ1) is 29.5. The van der Waals surface area contributed by atoms with Crippen LogP contribution in [-0.4, -0.2) is 72.8 Å². The second-order valence-electron chi connectivity index (χ2n) is 11.6. The van der Waals surface area contributed by atoms with Crippen LogP contribution in [0.1, 0.15) is 62.4 Å². The highest BCUT2D eigenvalue weighted by Crippen LogP contribution is 2.36. The summed E-state index contributed by atoms with van der Waals surface area (Å²) < 4.78 is 40.1. The third-order valence-corrected chi connectivity index (χ3v) is 7.93. The molecule has 4 rings (SSSR count). The Kier molecular flexibility index (Phi) is 8.79. The number of hydrogen-bond acceptors (Lipinski definition) is 6. The van der Waals surface area contributed by atoms with Gasteiger partial charge in [-0.1, -0.05) is 18.2 Å². The number of nitriles is 1. The largest absolute Gasteiger partial charge is 0.492 e. The molecule has 1 atom stereocenters. The van der Waals surface area contributed by atoms with Crippen LogP contribution in [0.25, 0.3) is 11.1 Å². The summed E-state index contributed by atoms with van der Waals surface area (Å²) in [5, 5.41) is 9.86. The van der Waals surface area contributed by atoms with Crippen molar-refractivity contribution in [2.45, 2.75) is 57.7 Å². The Labute approximate surface area is 234 Å². The summed E-state index contributed by atoms with van der Waals surface area (Å²) in [5.41, 5.74) is -1.46. The topological polar surface area (TPSA) is 82.9 Å². The molecule has 40 heavy (non-hydrogen) atoms. The van der Waals surface area contributed by atoms with Crippen LogP contribution >= 0.6 is 0 Å². The molecule has 2 aliphatic rings. The summed E-state index contributed by atoms with van der Waals surface area (Å²) in [6.45, 7) is 7.56. The molecule has 0 aliphatic carbocycles. The highest BCUT2D eigenvalue weighted by atomic mass is 19.1. The molecule has 2 aromatic rings. The van der Waals surface area contributed by atoms with Gasteiger partial charge in [0, 0.05) is 13.1 Å². The molecule has 1 amide bonds. The molecule has 7 nitrogen and oxygen atoms in total. The van der Waals surface area contributed by atoms with E-state index in [2.05, 4.69) is 11.0 Å². The molecule has 2 saturated heterocycles. The van der Waals surface area contributed by atoms with Gasteiger partial charge in [-0.2, -0.15) is 5.26 Å². The first-order valence-electron chi connectivity index (χ1n) is 13.7. The number of esters is 1. The van der Waals surface area contributed by atoms with Gasteiger partial charge in [0.05, 0.1) is 24.8 Å². The average Bonchev–Trinajstić information content (AvgIpc) is 3.33. The summed E-state index contributed by atoms with van der Waals surface area (Å²) in [6.07, 6.45) is 2.78. The first-order valence-corrected chi connectivity index (χ1v) is 13.7. The van der Waals surface area contributed by atoms with Gasteiger partial charge in [-0.25, -0.2) is 13.6 Å². The minimum Gasteiger partial charge on any atom is -0.492 e. The van der Waals surface area contributed by atoms with E-state index >= 15 is 4.39 Å². The second kappa shape index (κ2) is 11.9. The Bertz CT molecular complexity index is 1290. The van der Waals surface area contributed by atoms with Crippen molar-refractivity contribution in [2.75, 3.05) is 39.9 Å². The molecule has 2 heterocycles. The maximum atomic E-state index is 15.2. The monoisotopic (exact) mass is 553 g/mol. The van der Waals surface area contributed by atoms with Crippen molar-refractivity contribution >= 4 is 11.9 Å². The van der Waals surface area contributed by atoms with E-state index in [4.69, 9.17) is 9.47 Å². The number of benzene rings is 2. The van der Waals surface area contributed by atoms with E-state index in [1.165, 1.54) is 24.1 Å². The molecular formula is C31H37F2N3O4. The van der Waals surface area contributed by atoms with E-state index in [-0.39, 0.29) is 11.1 Å². The predicted octanol–water partition coefficient (Wildman–Crippen LogP) is 5.37. The molecule has 2 fully saturated rings. The quantitative estimate of drug-likeness (QED) is 0.409. The van der Waals surface area contributed by atoms with Crippen LogP contribution < -0.4 is 4.74 Å². The standard InChI is InChI=1S/C31H37F2N3O4/c1-30(2,33)20-35-15-11-21(12-16-35)19-40-26-10-9-22(17-23(26)18-34)24-7-5-8-25(32)27(24)28(37)36-14-6-13-31(36,3)29(38)39-4/h5,7-10,17,21H,6,11-16,19-20H2,1-4H3/t31-/m0/s1. The molecule has 0 N–H and O–H groups in total. The normalized spacial score (nSPS) is 20.3. The second-order valence-corrected chi connectivity index (χ2v) is 11.6. The molecular weight excluding hydrogens is 516 g/mol. The maximum absolute atomic E-state index is 15.2. The van der Waals surface area contributed by atoms with Crippen molar-refractivity contribution in [1.29, 1.82) is 5.26 Å². The molecule has 0 bridgehead atoms. The zero-order valence-corrected chi connectivity index (χ0v) is 23.6. The van der Waals surface area contributed by atoms with Crippen LogP contribution in [0.4, 0.5) is 8.78 Å². The molecule has 0 aromatic heterocycles. The molecule has 0 spiro atoms. The molecule has 2 aromatic carbocycles. The Morgan fingerprint density at radius 2 is 1.90 bits per heavy atom. The minimum atomic E-state index is -1.23. The van der Waals surface area contributed by atoms with Crippen molar-refractivity contribution in [2.24, 2.45) is 5.92 Å². The number of nitrogens with zero attached hydrogens (tertiary/aromatic N) is 3. The SMILES string of the molecule is COC(=O)[C@]1(C)CCCN1C(=O)c1c(F)cccc1-c1ccc(OCC2CCN(CC(C)(C)F)CC2)c(C#N)c1. The fourth-order valence-electron chi connectivity index (χ4n) is 5.80. The van der Waals surface area contributed by atoms with Gasteiger partial charge in [-0.3, -0.25) is 4.79 Å². The molecule has 9 heteroatoms. The first-order chi connectivity index (χ1) is 19.0. The maximum Gasteiger partial charge on any atom is 0.331 e. The van der Waals surface area contributed by atoms with Crippen molar-refractivity contribution in [3.63, 3.8) is 0 Å². The number of likely N-dealkylation sites (tertiary alicyclic amines) is 2. The van der Waals surface area contributed by atoms with E-state index < -0.39 is 28.9 Å². The van der Waals surface area contributed by atoms with Crippen molar-refractivity contribution in [3.05, 3.63) is 53.3 Å². The highest BCUT2D eigenvalue weighted by Gasteiger charge is 2.47. The molecule has 214 valence electrons. The Morgan fingerprint density at radius 3 is 2.55 bits per heavy atom. The molecule has 2 aliphatic heterocycles. The van der Waals surface area contributed by atoms with E-state index in [0.29, 0.717) is 55.3 Å². The van der Waals surface area contributed by atoms with Crippen LogP contribution in [0.2, 0.25) is 0 Å². The Morgan fingerprint density at radius 1 is 1.18 bits per heavy atom. The number of amides is 1. The van der Waals surface area contributed by atoms with Crippen LogP contribution in [0.15, 0.2) is 36.4 Å². The van der Waals surface area contributed by atoms with Gasteiger partial charge in [0.1, 0.15) is 28.8 Å². The van der Waals surface area contributed by atoms with Crippen molar-refractivity contribution < 1.29 is 27.8 Å². The van der Waals surface area contributed by atoms with Crippen LogP contribution in [0.5, 0.6) is 5.75 Å². The number of carbonyl (C=O) groups excluding carboxylic acids is 2. The van der Waals surface area contributed by atoms with Gasteiger partial charge < -0.3 is 19.3 Å². The van der Waals surface area contributed by atoms with E-state index in [1.807, 2.05) is 0 Å². The third-order valence-electron chi connectivity index (χ3n) is 7.93. The van der Waals surface area contributed by atoms with Gasteiger partial charge in [0.15, 0.2) is 0 Å². The van der Waals surface area contributed by atoms with Gasteiger partial charge in [-0.15, -0.1) is 0 Å². The van der Waals surface area contributed by atoms with Crippen molar-refractivity contribution in [1.82, 2.24) is 9.80 Å². The Hall–Kier alpha value is -3.51. The summed E-state index contributed by atoms with van der Waals surface area (Å²) >= 11 is 0. The van der Waals surface area contributed by atoms with Crippen LogP contribution in [0.3, 0.4) is 0 Å². The lowest BCUT2D eigenvalue weighted by Crippen LogP contribution is -2.51. The lowest BCUT2D eigenvalue weighted by Gasteiger charge is -2.34. The molecule has 0 radical (unpaired) electrons. The lowest BCUT2D eigenvalue weighted by atomic mass is 9.94. The summed E-state index contributed by atoms with van der Waals surface area (Å²) in [5.74, 6) is -1.13. The van der Waals surface area contributed by atoms with E-state index in [9.17, 15) is 19.2 Å². The summed E-state index contributed by atoms with van der Waals surface area (Å²) in [7, 11) is 1.27. The number of rotatable bonds is 8. The number of hydrogen-bond donors (Lipinski definition) is 0. The smallest absolute Gasteiger partial charge is 0.331 e. The summed E-state index contributed by atoms with van der Waals surface area (Å²) in [6, 6.07) is 11.5. The number of carbonyl (C=O) groups is 2. The van der Waals surface area contributed by atoms with E-state index in [0.717, 1.165) is 25.9 Å². The number of piperidine rings is 1. The van der Waals surface area contributed by atoms with Crippen LogP contribution in [-0.2, 0) is 9.53 Å². The van der Waals surface area contributed by atoms with E-state index in [1.54, 1.807) is 45.0 Å². The lowest BCUT2D eigenvalue weighted by molar-refractivity contribution is -0.151. The summed E-state index contributed by atoms with van der Waals surface area (Å²) in [4.78, 5) is 29.7. The predicted molar refractivity (Wildman–Crippen MR) is 147 cm³/mol. The fourth-order valence-corrected chi connectivity index (χ4v) is 5.80. The number of halogens is 2. The fraction of sp³-hybridized carbons (Fsp3) is 0.516. The number of ether oxygens (including phenoxy) is 2. The zero-order chi connectivity index (χ0) is 29.1. The molecule has 0 saturated carbocycles. The third kappa shape index (κ3) is 6.28.